The maximum atomic E-state index is 12.9. The van der Waals surface area contributed by atoms with E-state index < -0.39 is 23.6 Å². The summed E-state index contributed by atoms with van der Waals surface area (Å²) in [5.41, 5.74) is 0.726. The lowest BCUT2D eigenvalue weighted by molar-refractivity contribution is -0.137. The highest BCUT2D eigenvalue weighted by Crippen LogP contribution is 2.30. The Kier molecular flexibility index (Phi) is 6.17. The van der Waals surface area contributed by atoms with Crippen LogP contribution in [0.2, 0.25) is 0 Å². The zero-order valence-corrected chi connectivity index (χ0v) is 15.7. The molecule has 0 bridgehead atoms. The van der Waals surface area contributed by atoms with E-state index >= 15 is 0 Å². The molecule has 1 aromatic heterocycles. The molecule has 10 heteroatoms. The second kappa shape index (κ2) is 8.78. The Labute approximate surface area is 169 Å². The SMILES string of the molecule is COCc1cccc(NC(=O)C(=O)Nc2cnn(-c3cccc(C(F)(F)F)c3)c2)c1. The molecule has 0 saturated heterocycles. The zero-order valence-electron chi connectivity index (χ0n) is 15.7. The highest BCUT2D eigenvalue weighted by molar-refractivity contribution is 6.43. The molecule has 0 aliphatic rings. The second-order valence-electron chi connectivity index (χ2n) is 6.26. The van der Waals surface area contributed by atoms with E-state index in [1.54, 1.807) is 24.3 Å². The predicted molar refractivity (Wildman–Crippen MR) is 103 cm³/mol. The first kappa shape index (κ1) is 21.1. The van der Waals surface area contributed by atoms with Crippen molar-refractivity contribution in [1.29, 1.82) is 0 Å². The van der Waals surface area contributed by atoms with Crippen LogP contribution < -0.4 is 10.6 Å². The van der Waals surface area contributed by atoms with Gasteiger partial charge < -0.3 is 15.4 Å². The molecule has 2 amide bonds. The third-order valence-electron chi connectivity index (χ3n) is 3.98. The number of ether oxygens (including phenoxy) is 1. The van der Waals surface area contributed by atoms with Gasteiger partial charge in [0.15, 0.2) is 0 Å². The Balaban J connectivity index is 1.66. The number of anilines is 2. The zero-order chi connectivity index (χ0) is 21.7. The van der Waals surface area contributed by atoms with Crippen molar-refractivity contribution in [3.05, 3.63) is 72.1 Å². The smallest absolute Gasteiger partial charge is 0.380 e. The Bertz CT molecular complexity index is 1060. The Morgan fingerprint density at radius 1 is 1.03 bits per heavy atom. The van der Waals surface area contributed by atoms with Gasteiger partial charge in [-0.1, -0.05) is 18.2 Å². The van der Waals surface area contributed by atoms with Gasteiger partial charge in [-0.15, -0.1) is 0 Å². The van der Waals surface area contributed by atoms with Gasteiger partial charge in [0.1, 0.15) is 0 Å². The first-order valence-corrected chi connectivity index (χ1v) is 8.69. The molecule has 0 fully saturated rings. The maximum absolute atomic E-state index is 12.9. The van der Waals surface area contributed by atoms with E-state index in [4.69, 9.17) is 4.74 Å². The number of rotatable bonds is 5. The van der Waals surface area contributed by atoms with Gasteiger partial charge in [-0.3, -0.25) is 9.59 Å². The van der Waals surface area contributed by atoms with Crippen LogP contribution in [-0.2, 0) is 27.1 Å². The fourth-order valence-corrected chi connectivity index (χ4v) is 2.63. The van der Waals surface area contributed by atoms with E-state index in [1.165, 1.54) is 31.6 Å². The number of alkyl halides is 3. The van der Waals surface area contributed by atoms with Crippen LogP contribution in [0.15, 0.2) is 60.9 Å². The second-order valence-corrected chi connectivity index (χ2v) is 6.26. The van der Waals surface area contributed by atoms with Crippen molar-refractivity contribution in [3.63, 3.8) is 0 Å². The number of nitrogens with one attached hydrogen (secondary N) is 2. The lowest BCUT2D eigenvalue weighted by Crippen LogP contribution is -2.28. The Morgan fingerprint density at radius 2 is 1.73 bits per heavy atom. The summed E-state index contributed by atoms with van der Waals surface area (Å²) < 4.78 is 44.8. The molecule has 0 unspecified atom stereocenters. The first-order chi connectivity index (χ1) is 14.3. The van der Waals surface area contributed by atoms with E-state index in [-0.39, 0.29) is 11.4 Å². The van der Waals surface area contributed by atoms with Crippen molar-refractivity contribution < 1.29 is 27.5 Å². The van der Waals surface area contributed by atoms with Gasteiger partial charge in [0, 0.05) is 12.8 Å². The summed E-state index contributed by atoms with van der Waals surface area (Å²) in [5, 5.41) is 8.75. The van der Waals surface area contributed by atoms with Gasteiger partial charge in [-0.2, -0.15) is 18.3 Å². The average molecular weight is 418 g/mol. The van der Waals surface area contributed by atoms with Gasteiger partial charge in [0.2, 0.25) is 0 Å². The van der Waals surface area contributed by atoms with E-state index in [0.29, 0.717) is 12.3 Å². The Hall–Kier alpha value is -3.66. The molecule has 1 heterocycles. The van der Waals surface area contributed by atoms with Crippen LogP contribution in [0.4, 0.5) is 24.5 Å². The Morgan fingerprint density at radius 3 is 2.43 bits per heavy atom. The normalized spacial score (nSPS) is 11.2. The van der Waals surface area contributed by atoms with Crippen molar-refractivity contribution in [3.8, 4) is 5.69 Å². The quantitative estimate of drug-likeness (QED) is 0.620. The van der Waals surface area contributed by atoms with Crippen molar-refractivity contribution in [2.45, 2.75) is 12.8 Å². The summed E-state index contributed by atoms with van der Waals surface area (Å²) in [4.78, 5) is 24.2. The van der Waals surface area contributed by atoms with E-state index in [9.17, 15) is 22.8 Å². The minimum atomic E-state index is -4.49. The van der Waals surface area contributed by atoms with Crippen LogP contribution in [0.25, 0.3) is 5.69 Å². The van der Waals surface area contributed by atoms with Crippen LogP contribution in [0.5, 0.6) is 0 Å². The standard InChI is InChI=1S/C20H17F3N4O3/c1-30-12-13-4-2-6-15(8-13)25-18(28)19(29)26-16-10-24-27(11-16)17-7-3-5-14(9-17)20(21,22)23/h2-11H,12H2,1H3,(H,25,28)(H,26,29). The number of halogens is 3. The highest BCUT2D eigenvalue weighted by atomic mass is 19.4. The molecule has 3 rings (SSSR count). The van der Waals surface area contributed by atoms with Crippen molar-refractivity contribution in [2.75, 3.05) is 17.7 Å². The summed E-state index contributed by atoms with van der Waals surface area (Å²) in [7, 11) is 1.54. The number of aromatic nitrogens is 2. The molecule has 0 saturated carbocycles. The number of hydrogen-bond donors (Lipinski definition) is 2. The van der Waals surface area contributed by atoms with E-state index in [0.717, 1.165) is 22.4 Å². The van der Waals surface area contributed by atoms with Crippen LogP contribution in [0, 0.1) is 0 Å². The molecule has 0 atom stereocenters. The molecule has 30 heavy (non-hydrogen) atoms. The average Bonchev–Trinajstić information content (AvgIpc) is 3.16. The van der Waals surface area contributed by atoms with Gasteiger partial charge in [-0.25, -0.2) is 4.68 Å². The minimum Gasteiger partial charge on any atom is -0.380 e. The van der Waals surface area contributed by atoms with Gasteiger partial charge in [0.25, 0.3) is 0 Å². The third-order valence-corrected chi connectivity index (χ3v) is 3.98. The van der Waals surface area contributed by atoms with E-state index in [1.807, 2.05) is 0 Å². The molecular formula is C20H17F3N4O3. The lowest BCUT2D eigenvalue weighted by Gasteiger charge is -2.08. The highest BCUT2D eigenvalue weighted by Gasteiger charge is 2.30. The summed E-state index contributed by atoms with van der Waals surface area (Å²) >= 11 is 0. The number of hydrogen-bond acceptors (Lipinski definition) is 4. The van der Waals surface area contributed by atoms with E-state index in [2.05, 4.69) is 15.7 Å². The van der Waals surface area contributed by atoms with Gasteiger partial charge in [-0.05, 0) is 35.9 Å². The lowest BCUT2D eigenvalue weighted by atomic mass is 10.2. The molecule has 156 valence electrons. The van der Waals surface area contributed by atoms with Crippen molar-refractivity contribution in [2.24, 2.45) is 0 Å². The van der Waals surface area contributed by atoms with Crippen LogP contribution in [0.3, 0.4) is 0 Å². The number of amides is 2. The monoisotopic (exact) mass is 418 g/mol. The topological polar surface area (TPSA) is 85.2 Å². The molecule has 3 aromatic rings. The summed E-state index contributed by atoms with van der Waals surface area (Å²) in [5.74, 6) is -1.85. The summed E-state index contributed by atoms with van der Waals surface area (Å²) in [6.45, 7) is 0.352. The summed E-state index contributed by atoms with van der Waals surface area (Å²) in [6, 6.07) is 11.4. The maximum Gasteiger partial charge on any atom is 0.416 e. The van der Waals surface area contributed by atoms with Crippen molar-refractivity contribution in [1.82, 2.24) is 9.78 Å². The van der Waals surface area contributed by atoms with Crippen LogP contribution in [-0.4, -0.2) is 28.7 Å². The molecule has 0 aliphatic heterocycles. The van der Waals surface area contributed by atoms with Gasteiger partial charge in [0.05, 0.1) is 35.9 Å². The number of carbonyl (C=O) groups is 2. The first-order valence-electron chi connectivity index (χ1n) is 8.69. The fourth-order valence-electron chi connectivity index (χ4n) is 2.63. The van der Waals surface area contributed by atoms with Gasteiger partial charge >= 0.3 is 18.0 Å². The predicted octanol–water partition coefficient (Wildman–Crippen LogP) is 3.61. The molecule has 2 aromatic carbocycles. The number of benzene rings is 2. The number of nitrogens with zero attached hydrogens (tertiary/aromatic N) is 2. The molecular weight excluding hydrogens is 401 g/mol. The fraction of sp³-hybridized carbons (Fsp3) is 0.150. The van der Waals surface area contributed by atoms with Crippen molar-refractivity contribution >= 4 is 23.2 Å². The molecule has 0 spiro atoms. The molecule has 7 nitrogen and oxygen atoms in total. The molecule has 2 N–H and O–H groups in total. The minimum absolute atomic E-state index is 0.153. The third kappa shape index (κ3) is 5.23. The summed E-state index contributed by atoms with van der Waals surface area (Å²) in [6.07, 6.45) is -1.95. The number of carbonyl (C=O) groups excluding carboxylic acids is 2. The van der Waals surface area contributed by atoms with Crippen LogP contribution in [0.1, 0.15) is 11.1 Å². The largest absolute Gasteiger partial charge is 0.416 e. The van der Waals surface area contributed by atoms with Crippen LogP contribution >= 0.6 is 0 Å². The molecule has 0 aliphatic carbocycles. The number of methoxy groups -OCH3 is 1. The molecule has 0 radical (unpaired) electrons.